The first-order valence-corrected chi connectivity index (χ1v) is 7.43. The van der Waals surface area contributed by atoms with E-state index in [-0.39, 0.29) is 12.5 Å². The number of hydrogen-bond donors (Lipinski definition) is 1. The van der Waals surface area contributed by atoms with Gasteiger partial charge in [0.2, 0.25) is 11.7 Å². The molecule has 1 N–H and O–H groups in total. The largest absolute Gasteiger partial charge is 0.481 e. The van der Waals surface area contributed by atoms with E-state index >= 15 is 0 Å². The fourth-order valence-electron chi connectivity index (χ4n) is 2.62. The van der Waals surface area contributed by atoms with Gasteiger partial charge >= 0.3 is 5.97 Å². The number of likely N-dealkylation sites (tertiary alicyclic amines) is 1. The molecule has 1 aliphatic rings. The maximum atomic E-state index is 12.5. The molecule has 0 radical (unpaired) electrons. The summed E-state index contributed by atoms with van der Waals surface area (Å²) < 4.78 is 0. The molecule has 2 heterocycles. The molecule has 1 saturated heterocycles. The van der Waals surface area contributed by atoms with E-state index in [1.54, 1.807) is 11.8 Å². The summed E-state index contributed by atoms with van der Waals surface area (Å²) in [6.07, 6.45) is 0.480. The van der Waals surface area contributed by atoms with Gasteiger partial charge in [-0.1, -0.05) is 30.3 Å². The molecule has 1 fully saturated rings. The summed E-state index contributed by atoms with van der Waals surface area (Å²) in [4.78, 5) is 26.3. The second-order valence-corrected chi connectivity index (χ2v) is 5.58. The Kier molecular flexibility index (Phi) is 4.05. The van der Waals surface area contributed by atoms with Crippen LogP contribution in [-0.2, 0) is 9.59 Å². The van der Waals surface area contributed by atoms with E-state index in [0.29, 0.717) is 18.8 Å². The van der Waals surface area contributed by atoms with Crippen molar-refractivity contribution in [3.8, 4) is 11.4 Å². The second kappa shape index (κ2) is 6.15. The lowest BCUT2D eigenvalue weighted by Crippen LogP contribution is -2.36. The van der Waals surface area contributed by atoms with Gasteiger partial charge in [-0.15, -0.1) is 10.2 Å². The van der Waals surface area contributed by atoms with E-state index in [9.17, 15) is 9.59 Å². The molecule has 0 aliphatic carbocycles. The smallest absolute Gasteiger partial charge is 0.308 e. The van der Waals surface area contributed by atoms with Crippen molar-refractivity contribution in [2.75, 3.05) is 13.1 Å². The zero-order chi connectivity index (χ0) is 16.4. The van der Waals surface area contributed by atoms with Gasteiger partial charge in [0, 0.05) is 18.7 Å². The van der Waals surface area contributed by atoms with Crippen molar-refractivity contribution in [1.29, 1.82) is 0 Å². The minimum atomic E-state index is -0.863. The molecular formula is C15H17N5O3. The number of hydrogen-bond acceptors (Lipinski definition) is 5. The third kappa shape index (κ3) is 3.05. The van der Waals surface area contributed by atoms with Crippen molar-refractivity contribution in [3.05, 3.63) is 30.3 Å². The van der Waals surface area contributed by atoms with Crippen LogP contribution in [0.3, 0.4) is 0 Å². The lowest BCUT2D eigenvalue weighted by atomic mass is 10.1. The molecule has 120 valence electrons. The summed E-state index contributed by atoms with van der Waals surface area (Å²) in [6.45, 7) is 2.37. The van der Waals surface area contributed by atoms with E-state index < -0.39 is 17.9 Å². The van der Waals surface area contributed by atoms with Crippen LogP contribution in [0.4, 0.5) is 0 Å². The minimum absolute atomic E-state index is 0.189. The van der Waals surface area contributed by atoms with Crippen molar-refractivity contribution in [3.63, 3.8) is 0 Å². The highest BCUT2D eigenvalue weighted by Crippen LogP contribution is 2.20. The van der Waals surface area contributed by atoms with Crippen LogP contribution < -0.4 is 0 Å². The second-order valence-electron chi connectivity index (χ2n) is 5.58. The Morgan fingerprint density at radius 2 is 2.04 bits per heavy atom. The SMILES string of the molecule is CC(C(=O)N1CCC(C(=O)O)C1)n1nnc(-c2ccccc2)n1. The molecule has 2 atom stereocenters. The first kappa shape index (κ1) is 15.1. The predicted octanol–water partition coefficient (Wildman–Crippen LogP) is 0.834. The number of aliphatic carboxylic acids is 1. The molecule has 1 aromatic heterocycles. The van der Waals surface area contributed by atoms with Crippen LogP contribution in [-0.4, -0.2) is 55.2 Å². The van der Waals surface area contributed by atoms with E-state index in [2.05, 4.69) is 15.4 Å². The molecule has 8 heteroatoms. The lowest BCUT2D eigenvalue weighted by molar-refractivity contribution is -0.141. The number of carboxylic acids is 1. The Hall–Kier alpha value is -2.77. The van der Waals surface area contributed by atoms with Gasteiger partial charge in [0.25, 0.3) is 0 Å². The molecule has 8 nitrogen and oxygen atoms in total. The summed E-state index contributed by atoms with van der Waals surface area (Å²) in [5.41, 5.74) is 0.825. The van der Waals surface area contributed by atoms with Crippen LogP contribution in [0.25, 0.3) is 11.4 Å². The average molecular weight is 315 g/mol. The maximum absolute atomic E-state index is 12.5. The Bertz CT molecular complexity index is 715. The first-order valence-electron chi connectivity index (χ1n) is 7.43. The number of rotatable bonds is 4. The molecule has 1 aromatic carbocycles. The first-order chi connectivity index (χ1) is 11.1. The Morgan fingerprint density at radius 1 is 1.30 bits per heavy atom. The highest BCUT2D eigenvalue weighted by Gasteiger charge is 2.33. The molecule has 1 amide bonds. The summed E-state index contributed by atoms with van der Waals surface area (Å²) in [6, 6.07) is 8.76. The van der Waals surface area contributed by atoms with Crippen molar-refractivity contribution >= 4 is 11.9 Å². The standard InChI is InChI=1S/C15H17N5O3/c1-10(14(21)19-8-7-12(9-19)15(22)23)20-17-13(16-18-20)11-5-3-2-4-6-11/h2-6,10,12H,7-9H2,1H3,(H,22,23). The average Bonchev–Trinajstić information content (AvgIpc) is 3.24. The predicted molar refractivity (Wildman–Crippen MR) is 80.3 cm³/mol. The number of carbonyl (C=O) groups excluding carboxylic acids is 1. The summed E-state index contributed by atoms with van der Waals surface area (Å²) in [7, 11) is 0. The third-order valence-corrected chi connectivity index (χ3v) is 4.01. The molecule has 3 rings (SSSR count). The molecular weight excluding hydrogens is 298 g/mol. The van der Waals surface area contributed by atoms with Gasteiger partial charge in [-0.05, 0) is 18.6 Å². The number of nitrogens with zero attached hydrogens (tertiary/aromatic N) is 5. The molecule has 0 saturated carbocycles. The molecule has 0 spiro atoms. The van der Waals surface area contributed by atoms with Crippen LogP contribution in [0.15, 0.2) is 30.3 Å². The Morgan fingerprint density at radius 3 is 2.70 bits per heavy atom. The van der Waals surface area contributed by atoms with Crippen molar-refractivity contribution in [2.24, 2.45) is 5.92 Å². The van der Waals surface area contributed by atoms with Crippen LogP contribution in [0.2, 0.25) is 0 Å². The van der Waals surface area contributed by atoms with Gasteiger partial charge < -0.3 is 10.0 Å². The fraction of sp³-hybridized carbons (Fsp3) is 0.400. The maximum Gasteiger partial charge on any atom is 0.308 e. The number of tetrazole rings is 1. The van der Waals surface area contributed by atoms with Gasteiger partial charge in [0.15, 0.2) is 0 Å². The molecule has 1 aliphatic heterocycles. The van der Waals surface area contributed by atoms with E-state index in [4.69, 9.17) is 5.11 Å². The minimum Gasteiger partial charge on any atom is -0.481 e. The monoisotopic (exact) mass is 315 g/mol. The van der Waals surface area contributed by atoms with Crippen molar-refractivity contribution in [1.82, 2.24) is 25.1 Å². The number of carboxylic acid groups (broad SMARTS) is 1. The number of amides is 1. The number of benzene rings is 1. The van der Waals surface area contributed by atoms with E-state index in [0.717, 1.165) is 5.56 Å². The third-order valence-electron chi connectivity index (χ3n) is 4.01. The lowest BCUT2D eigenvalue weighted by Gasteiger charge is -2.19. The van der Waals surface area contributed by atoms with Crippen molar-refractivity contribution < 1.29 is 14.7 Å². The Balaban J connectivity index is 1.71. The topological polar surface area (TPSA) is 101 Å². The molecule has 0 bridgehead atoms. The zero-order valence-electron chi connectivity index (χ0n) is 12.7. The van der Waals surface area contributed by atoms with Crippen LogP contribution in [0, 0.1) is 5.92 Å². The number of carbonyl (C=O) groups is 2. The highest BCUT2D eigenvalue weighted by molar-refractivity contribution is 5.81. The molecule has 2 aromatic rings. The summed E-state index contributed by atoms with van der Waals surface area (Å²) in [5.74, 6) is -1.09. The van der Waals surface area contributed by atoms with Crippen LogP contribution in [0.1, 0.15) is 19.4 Å². The van der Waals surface area contributed by atoms with Gasteiger partial charge in [-0.25, -0.2) is 0 Å². The summed E-state index contributed by atoms with van der Waals surface area (Å²) >= 11 is 0. The quantitative estimate of drug-likeness (QED) is 0.897. The van der Waals surface area contributed by atoms with Gasteiger partial charge in [-0.3, -0.25) is 9.59 Å². The van der Waals surface area contributed by atoms with E-state index in [1.807, 2.05) is 30.3 Å². The van der Waals surface area contributed by atoms with Gasteiger partial charge in [-0.2, -0.15) is 4.80 Å². The van der Waals surface area contributed by atoms with Gasteiger partial charge in [0.05, 0.1) is 5.92 Å². The molecule has 23 heavy (non-hydrogen) atoms. The highest BCUT2D eigenvalue weighted by atomic mass is 16.4. The Labute approximate surface area is 132 Å². The van der Waals surface area contributed by atoms with E-state index in [1.165, 1.54) is 4.80 Å². The zero-order valence-corrected chi connectivity index (χ0v) is 12.7. The van der Waals surface area contributed by atoms with Crippen LogP contribution >= 0.6 is 0 Å². The number of aromatic nitrogens is 4. The van der Waals surface area contributed by atoms with Gasteiger partial charge in [0.1, 0.15) is 6.04 Å². The normalized spacial score (nSPS) is 18.8. The van der Waals surface area contributed by atoms with Crippen molar-refractivity contribution in [2.45, 2.75) is 19.4 Å². The van der Waals surface area contributed by atoms with Crippen LogP contribution in [0.5, 0.6) is 0 Å². The molecule has 2 unspecified atom stereocenters. The summed E-state index contributed by atoms with van der Waals surface area (Å²) in [5, 5.41) is 21.2. The fourth-order valence-corrected chi connectivity index (χ4v) is 2.62.